The third-order valence-corrected chi connectivity index (χ3v) is 3.61. The van der Waals surface area contributed by atoms with Gasteiger partial charge >= 0.3 is 5.97 Å². The monoisotopic (exact) mass is 315 g/mol. The number of hydrogen-bond donors (Lipinski definition) is 2. The zero-order valence-electron chi connectivity index (χ0n) is 13.3. The molecule has 2 aromatic rings. The fourth-order valence-electron chi connectivity index (χ4n) is 2.34. The van der Waals surface area contributed by atoms with Gasteiger partial charge in [0.1, 0.15) is 6.04 Å². The molecule has 1 heterocycles. The summed E-state index contributed by atoms with van der Waals surface area (Å²) in [5, 5.41) is 3.53. The van der Waals surface area contributed by atoms with Gasteiger partial charge in [0.2, 0.25) is 0 Å². The lowest BCUT2D eigenvalue weighted by molar-refractivity contribution is -0.143. The molecule has 0 aliphatic rings. The van der Waals surface area contributed by atoms with Crippen LogP contribution in [0.3, 0.4) is 0 Å². The molecule has 1 aromatic heterocycles. The molecule has 0 saturated heterocycles. The highest BCUT2D eigenvalue weighted by atomic mass is 16.5. The van der Waals surface area contributed by atoms with Crippen LogP contribution in [0, 0.1) is 0 Å². The van der Waals surface area contributed by atoms with E-state index in [9.17, 15) is 9.59 Å². The highest BCUT2D eigenvalue weighted by Crippen LogP contribution is 2.18. The summed E-state index contributed by atoms with van der Waals surface area (Å²) in [4.78, 5) is 28.5. The lowest BCUT2D eigenvalue weighted by atomic mass is 10.1. The van der Waals surface area contributed by atoms with Crippen molar-refractivity contribution < 1.29 is 14.3 Å². The van der Waals surface area contributed by atoms with E-state index in [1.54, 1.807) is 12.1 Å². The number of nitrogens with zero attached hydrogens (tertiary/aromatic N) is 1. The van der Waals surface area contributed by atoms with Gasteiger partial charge in [-0.3, -0.25) is 4.79 Å². The normalized spacial score (nSPS) is 11.9. The Hall–Kier alpha value is -2.63. The Kier molecular flexibility index (Phi) is 5.51. The quantitative estimate of drug-likeness (QED) is 0.798. The molecule has 1 amide bonds. The third-order valence-electron chi connectivity index (χ3n) is 3.61. The van der Waals surface area contributed by atoms with E-state index in [0.29, 0.717) is 11.9 Å². The molecule has 2 rings (SSSR count). The van der Waals surface area contributed by atoms with Crippen LogP contribution in [0.25, 0.3) is 10.9 Å². The number of benzene rings is 1. The van der Waals surface area contributed by atoms with Crippen LogP contribution < -0.4 is 11.1 Å². The second-order valence-electron chi connectivity index (χ2n) is 5.31. The predicted molar refractivity (Wildman–Crippen MR) is 89.0 cm³/mol. The largest absolute Gasteiger partial charge is 0.467 e. The molecule has 0 bridgehead atoms. The van der Waals surface area contributed by atoms with Gasteiger partial charge in [-0.15, -0.1) is 0 Å². The smallest absolute Gasteiger partial charge is 0.328 e. The number of para-hydroxylation sites is 1. The summed E-state index contributed by atoms with van der Waals surface area (Å²) in [6, 6.07) is 8.41. The fourth-order valence-corrected chi connectivity index (χ4v) is 2.34. The first-order valence-corrected chi connectivity index (χ1v) is 7.60. The van der Waals surface area contributed by atoms with Crippen molar-refractivity contribution in [1.29, 1.82) is 0 Å². The van der Waals surface area contributed by atoms with Crippen molar-refractivity contribution in [2.75, 3.05) is 12.8 Å². The lowest BCUT2D eigenvalue weighted by Crippen LogP contribution is -2.42. The molecule has 1 atom stereocenters. The van der Waals surface area contributed by atoms with Crippen molar-refractivity contribution in [3.63, 3.8) is 0 Å². The topological polar surface area (TPSA) is 94.3 Å². The minimum absolute atomic E-state index is 0.120. The van der Waals surface area contributed by atoms with Gasteiger partial charge in [-0.05, 0) is 18.6 Å². The van der Waals surface area contributed by atoms with Gasteiger partial charge in [-0.25, -0.2) is 9.78 Å². The first kappa shape index (κ1) is 16.7. The van der Waals surface area contributed by atoms with E-state index in [0.717, 1.165) is 18.2 Å². The molecule has 3 N–H and O–H groups in total. The number of nitrogens with one attached hydrogen (secondary N) is 1. The number of carbonyl (C=O) groups is 2. The summed E-state index contributed by atoms with van der Waals surface area (Å²) in [6.45, 7) is 2.01. The zero-order valence-corrected chi connectivity index (χ0v) is 13.3. The zero-order chi connectivity index (χ0) is 16.8. The predicted octanol–water partition coefficient (Wildman–Crippen LogP) is 2.28. The van der Waals surface area contributed by atoms with E-state index < -0.39 is 17.9 Å². The number of esters is 1. The number of unbranched alkanes of at least 4 members (excludes halogenated alkanes) is 1. The Bertz CT molecular complexity index is 715. The molecular formula is C17H21N3O3. The molecule has 122 valence electrons. The number of methoxy groups -OCH3 is 1. The molecule has 6 nitrogen and oxygen atoms in total. The SMILES string of the molecule is CCCC[C@H](NC(=O)c1nc2ccccc2cc1N)C(=O)OC. The number of aromatic nitrogens is 1. The van der Waals surface area contributed by atoms with Gasteiger partial charge < -0.3 is 15.8 Å². The van der Waals surface area contributed by atoms with E-state index in [1.165, 1.54) is 7.11 Å². The third kappa shape index (κ3) is 3.97. The van der Waals surface area contributed by atoms with Crippen LogP contribution in [0.1, 0.15) is 36.7 Å². The van der Waals surface area contributed by atoms with Crippen LogP contribution in [0.4, 0.5) is 5.69 Å². The van der Waals surface area contributed by atoms with Crippen LogP contribution in [0.2, 0.25) is 0 Å². The van der Waals surface area contributed by atoms with Crippen LogP contribution in [0.15, 0.2) is 30.3 Å². The standard InChI is InChI=1S/C17H21N3O3/c1-3-4-8-14(17(22)23-2)20-16(21)15-12(18)10-11-7-5-6-9-13(11)19-15/h5-7,9-10,14H,3-4,8,18H2,1-2H3,(H,20,21)/t14-/m0/s1. The van der Waals surface area contributed by atoms with Gasteiger partial charge in [0.25, 0.3) is 5.91 Å². The molecule has 0 aliphatic heterocycles. The van der Waals surface area contributed by atoms with Gasteiger partial charge in [-0.1, -0.05) is 38.0 Å². The lowest BCUT2D eigenvalue weighted by Gasteiger charge is -2.16. The number of hydrogen-bond acceptors (Lipinski definition) is 5. The van der Waals surface area contributed by atoms with Crippen molar-refractivity contribution in [2.24, 2.45) is 0 Å². The van der Waals surface area contributed by atoms with E-state index >= 15 is 0 Å². The van der Waals surface area contributed by atoms with Crippen molar-refractivity contribution >= 4 is 28.5 Å². The number of pyridine rings is 1. The van der Waals surface area contributed by atoms with Crippen molar-refractivity contribution in [3.8, 4) is 0 Å². The summed E-state index contributed by atoms with van der Waals surface area (Å²) < 4.78 is 4.74. The maximum atomic E-state index is 12.4. The summed E-state index contributed by atoms with van der Waals surface area (Å²) >= 11 is 0. The Morgan fingerprint density at radius 2 is 2.09 bits per heavy atom. The molecule has 0 unspecified atom stereocenters. The van der Waals surface area contributed by atoms with Gasteiger partial charge in [-0.2, -0.15) is 0 Å². The van der Waals surface area contributed by atoms with Crippen LogP contribution >= 0.6 is 0 Å². The van der Waals surface area contributed by atoms with E-state index in [4.69, 9.17) is 10.5 Å². The molecule has 0 radical (unpaired) electrons. The van der Waals surface area contributed by atoms with E-state index in [-0.39, 0.29) is 11.4 Å². The Morgan fingerprint density at radius 1 is 1.35 bits per heavy atom. The summed E-state index contributed by atoms with van der Waals surface area (Å²) in [6.07, 6.45) is 2.24. The number of amides is 1. The highest BCUT2D eigenvalue weighted by molar-refractivity contribution is 6.01. The second kappa shape index (κ2) is 7.58. The van der Waals surface area contributed by atoms with Gasteiger partial charge in [0.15, 0.2) is 5.69 Å². The Morgan fingerprint density at radius 3 is 2.78 bits per heavy atom. The Balaban J connectivity index is 2.24. The molecule has 23 heavy (non-hydrogen) atoms. The summed E-state index contributed by atoms with van der Waals surface area (Å²) in [5.74, 6) is -0.939. The number of nitrogen functional groups attached to an aromatic ring is 1. The minimum atomic E-state index is -0.694. The number of ether oxygens (including phenoxy) is 1. The highest BCUT2D eigenvalue weighted by Gasteiger charge is 2.23. The minimum Gasteiger partial charge on any atom is -0.467 e. The Labute approximate surface area is 135 Å². The molecular weight excluding hydrogens is 294 g/mol. The number of fused-ring (bicyclic) bond motifs is 1. The second-order valence-corrected chi connectivity index (χ2v) is 5.31. The van der Waals surface area contributed by atoms with Gasteiger partial charge in [0, 0.05) is 5.39 Å². The average Bonchev–Trinajstić information content (AvgIpc) is 2.56. The number of anilines is 1. The van der Waals surface area contributed by atoms with Crippen LogP contribution in [-0.4, -0.2) is 30.0 Å². The maximum absolute atomic E-state index is 12.4. The molecule has 0 aliphatic carbocycles. The first-order valence-electron chi connectivity index (χ1n) is 7.60. The first-order chi connectivity index (χ1) is 11.1. The maximum Gasteiger partial charge on any atom is 0.328 e. The number of nitrogens with two attached hydrogens (primary N) is 1. The summed E-state index contributed by atoms with van der Waals surface area (Å²) in [5.41, 5.74) is 7.01. The van der Waals surface area contributed by atoms with E-state index in [2.05, 4.69) is 10.3 Å². The molecule has 0 spiro atoms. The van der Waals surface area contributed by atoms with Crippen molar-refractivity contribution in [2.45, 2.75) is 32.2 Å². The van der Waals surface area contributed by atoms with Crippen LogP contribution in [-0.2, 0) is 9.53 Å². The molecule has 1 aromatic carbocycles. The van der Waals surface area contributed by atoms with Crippen molar-refractivity contribution in [3.05, 3.63) is 36.0 Å². The molecule has 0 fully saturated rings. The van der Waals surface area contributed by atoms with Crippen LogP contribution in [0.5, 0.6) is 0 Å². The van der Waals surface area contributed by atoms with E-state index in [1.807, 2.05) is 25.1 Å². The summed E-state index contributed by atoms with van der Waals surface area (Å²) in [7, 11) is 1.30. The average molecular weight is 315 g/mol. The number of carbonyl (C=O) groups excluding carboxylic acids is 2. The number of rotatable bonds is 6. The fraction of sp³-hybridized carbons (Fsp3) is 0.353. The molecule has 0 saturated carbocycles. The van der Waals surface area contributed by atoms with Crippen molar-refractivity contribution in [1.82, 2.24) is 10.3 Å². The molecule has 6 heteroatoms. The van der Waals surface area contributed by atoms with Gasteiger partial charge in [0.05, 0.1) is 18.3 Å².